The maximum atomic E-state index is 11.6. The second-order valence-corrected chi connectivity index (χ2v) is 4.75. The lowest BCUT2D eigenvalue weighted by atomic mass is 9.86. The van der Waals surface area contributed by atoms with Gasteiger partial charge in [0.2, 0.25) is 5.91 Å². The second kappa shape index (κ2) is 5.32. The maximum Gasteiger partial charge on any atom is 0.236 e. The Bertz CT molecular complexity index is 386. The molecule has 0 aliphatic carbocycles. The van der Waals surface area contributed by atoms with Crippen LogP contribution in [-0.4, -0.2) is 25.5 Å². The molecule has 1 aliphatic rings. The molecule has 1 saturated heterocycles. The largest absolute Gasteiger partial charge is 0.358 e. The van der Waals surface area contributed by atoms with E-state index in [0.717, 1.165) is 19.4 Å². The monoisotopic (exact) mass is 232 g/mol. The molecule has 0 spiro atoms. The third kappa shape index (κ3) is 2.86. The van der Waals surface area contributed by atoms with Crippen LogP contribution in [0.3, 0.4) is 0 Å². The molecule has 2 rings (SSSR count). The molecule has 1 heterocycles. The molecule has 2 N–H and O–H groups in total. The van der Waals surface area contributed by atoms with Crippen molar-refractivity contribution in [2.45, 2.75) is 31.7 Å². The molecule has 1 aromatic rings. The van der Waals surface area contributed by atoms with Gasteiger partial charge in [0.05, 0.1) is 6.04 Å². The number of hydrogen-bond acceptors (Lipinski definition) is 2. The Kier molecular flexibility index (Phi) is 3.79. The van der Waals surface area contributed by atoms with Crippen LogP contribution in [0.2, 0.25) is 0 Å². The van der Waals surface area contributed by atoms with Crippen molar-refractivity contribution in [1.82, 2.24) is 10.6 Å². The van der Waals surface area contributed by atoms with Gasteiger partial charge in [0.15, 0.2) is 0 Å². The summed E-state index contributed by atoms with van der Waals surface area (Å²) in [4.78, 5) is 11.6. The van der Waals surface area contributed by atoms with Crippen LogP contribution in [0.4, 0.5) is 0 Å². The van der Waals surface area contributed by atoms with Gasteiger partial charge in [-0.2, -0.15) is 0 Å². The van der Waals surface area contributed by atoms with E-state index < -0.39 is 0 Å². The molecule has 92 valence electrons. The molecule has 2 unspecified atom stereocenters. The summed E-state index contributed by atoms with van der Waals surface area (Å²) in [5.41, 5.74) is 2.64. The molecule has 17 heavy (non-hydrogen) atoms. The summed E-state index contributed by atoms with van der Waals surface area (Å²) in [5.74, 6) is 0.598. The van der Waals surface area contributed by atoms with Crippen molar-refractivity contribution in [3.8, 4) is 0 Å². The van der Waals surface area contributed by atoms with E-state index in [0.29, 0.717) is 5.92 Å². The van der Waals surface area contributed by atoms with Gasteiger partial charge in [-0.05, 0) is 37.8 Å². The van der Waals surface area contributed by atoms with Crippen molar-refractivity contribution < 1.29 is 4.79 Å². The van der Waals surface area contributed by atoms with Crippen molar-refractivity contribution >= 4 is 5.91 Å². The average molecular weight is 232 g/mol. The molecule has 3 nitrogen and oxygen atoms in total. The first-order valence-corrected chi connectivity index (χ1v) is 6.22. The van der Waals surface area contributed by atoms with Crippen molar-refractivity contribution in [1.29, 1.82) is 0 Å². The quantitative estimate of drug-likeness (QED) is 0.813. The number of rotatable bonds is 2. The first kappa shape index (κ1) is 12.1. The normalized spacial score (nSPS) is 24.4. The predicted octanol–water partition coefficient (Wildman–Crippen LogP) is 1.58. The standard InChI is InChI=1S/C14H20N2O/c1-10-3-5-11(6-4-10)12-7-8-16-13(9-12)14(17)15-2/h3-6,12-13,16H,7-9H2,1-2H3,(H,15,17). The molecular weight excluding hydrogens is 212 g/mol. The van der Waals surface area contributed by atoms with Crippen LogP contribution in [0.1, 0.15) is 29.9 Å². The van der Waals surface area contributed by atoms with Gasteiger partial charge >= 0.3 is 0 Å². The molecule has 0 radical (unpaired) electrons. The highest BCUT2D eigenvalue weighted by Gasteiger charge is 2.26. The number of carbonyl (C=O) groups is 1. The van der Waals surface area contributed by atoms with Gasteiger partial charge in [0.1, 0.15) is 0 Å². The smallest absolute Gasteiger partial charge is 0.236 e. The molecule has 0 aromatic heterocycles. The fourth-order valence-corrected chi connectivity index (χ4v) is 2.43. The van der Waals surface area contributed by atoms with Crippen LogP contribution < -0.4 is 10.6 Å². The Labute approximate surface area is 103 Å². The van der Waals surface area contributed by atoms with Gasteiger partial charge < -0.3 is 10.6 Å². The first-order valence-electron chi connectivity index (χ1n) is 6.22. The van der Waals surface area contributed by atoms with Crippen LogP contribution in [0, 0.1) is 6.92 Å². The van der Waals surface area contributed by atoms with E-state index in [9.17, 15) is 4.79 Å². The van der Waals surface area contributed by atoms with E-state index in [1.54, 1.807) is 7.05 Å². The number of benzene rings is 1. The zero-order chi connectivity index (χ0) is 12.3. The van der Waals surface area contributed by atoms with Crippen LogP contribution in [0.5, 0.6) is 0 Å². The number of likely N-dealkylation sites (N-methyl/N-ethyl adjacent to an activating group) is 1. The van der Waals surface area contributed by atoms with Crippen molar-refractivity contribution in [3.05, 3.63) is 35.4 Å². The van der Waals surface area contributed by atoms with Gasteiger partial charge in [-0.25, -0.2) is 0 Å². The Morgan fingerprint density at radius 2 is 2.06 bits per heavy atom. The summed E-state index contributed by atoms with van der Waals surface area (Å²) in [6, 6.07) is 8.62. The molecule has 1 aromatic carbocycles. The Hall–Kier alpha value is -1.35. The van der Waals surface area contributed by atoms with Crippen LogP contribution in [-0.2, 0) is 4.79 Å². The third-order valence-electron chi connectivity index (χ3n) is 3.52. The highest BCUT2D eigenvalue weighted by atomic mass is 16.2. The Morgan fingerprint density at radius 1 is 1.35 bits per heavy atom. The van der Waals surface area contributed by atoms with E-state index >= 15 is 0 Å². The van der Waals surface area contributed by atoms with Gasteiger partial charge in [-0.3, -0.25) is 4.79 Å². The van der Waals surface area contributed by atoms with Crippen LogP contribution in [0.25, 0.3) is 0 Å². The van der Waals surface area contributed by atoms with E-state index in [4.69, 9.17) is 0 Å². The molecule has 3 heteroatoms. The predicted molar refractivity (Wildman–Crippen MR) is 69.0 cm³/mol. The molecule has 2 atom stereocenters. The summed E-state index contributed by atoms with van der Waals surface area (Å²) >= 11 is 0. The summed E-state index contributed by atoms with van der Waals surface area (Å²) in [5, 5.41) is 5.98. The van der Waals surface area contributed by atoms with Crippen molar-refractivity contribution in [2.24, 2.45) is 0 Å². The number of hydrogen-bond donors (Lipinski definition) is 2. The lowest BCUT2D eigenvalue weighted by Crippen LogP contribution is -2.47. The van der Waals surface area contributed by atoms with Gasteiger partial charge in [0.25, 0.3) is 0 Å². The molecule has 1 fully saturated rings. The zero-order valence-electron chi connectivity index (χ0n) is 10.5. The van der Waals surface area contributed by atoms with E-state index in [1.165, 1.54) is 11.1 Å². The van der Waals surface area contributed by atoms with Crippen LogP contribution in [0.15, 0.2) is 24.3 Å². The van der Waals surface area contributed by atoms with Gasteiger partial charge in [-0.1, -0.05) is 29.8 Å². The molecule has 0 saturated carbocycles. The van der Waals surface area contributed by atoms with Crippen LogP contribution >= 0.6 is 0 Å². The first-order chi connectivity index (χ1) is 8.20. The highest BCUT2D eigenvalue weighted by molar-refractivity contribution is 5.81. The minimum absolute atomic E-state index is 0.0416. The lowest BCUT2D eigenvalue weighted by Gasteiger charge is -2.29. The zero-order valence-corrected chi connectivity index (χ0v) is 10.5. The van der Waals surface area contributed by atoms with Crippen molar-refractivity contribution in [3.63, 3.8) is 0 Å². The maximum absolute atomic E-state index is 11.6. The average Bonchev–Trinajstić information content (AvgIpc) is 2.39. The molecule has 1 amide bonds. The van der Waals surface area contributed by atoms with Crippen molar-refractivity contribution in [2.75, 3.05) is 13.6 Å². The Morgan fingerprint density at radius 3 is 2.71 bits per heavy atom. The van der Waals surface area contributed by atoms with E-state index in [2.05, 4.69) is 41.8 Å². The Balaban J connectivity index is 2.06. The van der Waals surface area contributed by atoms with Gasteiger partial charge in [-0.15, -0.1) is 0 Å². The number of nitrogens with one attached hydrogen (secondary N) is 2. The number of piperidine rings is 1. The molecule has 0 bridgehead atoms. The topological polar surface area (TPSA) is 41.1 Å². The lowest BCUT2D eigenvalue weighted by molar-refractivity contribution is -0.123. The summed E-state index contributed by atoms with van der Waals surface area (Å²) in [6.07, 6.45) is 2.00. The summed E-state index contributed by atoms with van der Waals surface area (Å²) in [6.45, 7) is 3.01. The summed E-state index contributed by atoms with van der Waals surface area (Å²) < 4.78 is 0. The van der Waals surface area contributed by atoms with E-state index in [1.807, 2.05) is 0 Å². The second-order valence-electron chi connectivity index (χ2n) is 4.75. The molecular formula is C14H20N2O. The minimum atomic E-state index is -0.0416. The number of carbonyl (C=O) groups excluding carboxylic acids is 1. The third-order valence-corrected chi connectivity index (χ3v) is 3.52. The number of aryl methyl sites for hydroxylation is 1. The molecule has 1 aliphatic heterocycles. The fourth-order valence-electron chi connectivity index (χ4n) is 2.43. The number of amides is 1. The minimum Gasteiger partial charge on any atom is -0.358 e. The SMILES string of the molecule is CNC(=O)C1CC(c2ccc(C)cc2)CCN1. The fraction of sp³-hybridized carbons (Fsp3) is 0.500. The van der Waals surface area contributed by atoms with E-state index in [-0.39, 0.29) is 11.9 Å². The highest BCUT2D eigenvalue weighted by Crippen LogP contribution is 2.27. The van der Waals surface area contributed by atoms with Gasteiger partial charge in [0, 0.05) is 7.05 Å². The summed E-state index contributed by atoms with van der Waals surface area (Å²) in [7, 11) is 1.69.